The quantitative estimate of drug-likeness (QED) is 0.678. The van der Waals surface area contributed by atoms with E-state index in [9.17, 15) is 8.42 Å². The van der Waals surface area contributed by atoms with Gasteiger partial charge in [-0.25, -0.2) is 13.1 Å². The van der Waals surface area contributed by atoms with Crippen molar-refractivity contribution in [3.8, 4) is 0 Å². The number of aliphatic hydroxyl groups is 1. The standard InChI is InChI=1S/C12H18N2O3S/c13-12-4-2-1-3-10(12)8-18(16,17)14-7-9-5-11(15)6-9/h1-4,9,11,14-15H,5-8,13H2. The van der Waals surface area contributed by atoms with Gasteiger partial charge in [-0.05, 0) is 30.4 Å². The number of nitrogens with two attached hydrogens (primary N) is 1. The minimum atomic E-state index is -3.36. The lowest BCUT2D eigenvalue weighted by molar-refractivity contribution is 0.0453. The minimum absolute atomic E-state index is 0.102. The molecule has 100 valence electrons. The van der Waals surface area contributed by atoms with E-state index in [0.717, 1.165) is 0 Å². The second-order valence-corrected chi connectivity index (χ2v) is 6.60. The summed E-state index contributed by atoms with van der Waals surface area (Å²) in [5, 5.41) is 9.13. The van der Waals surface area contributed by atoms with Gasteiger partial charge in [0.15, 0.2) is 0 Å². The predicted molar refractivity (Wildman–Crippen MR) is 70.2 cm³/mol. The molecule has 1 saturated carbocycles. The van der Waals surface area contributed by atoms with Crippen molar-refractivity contribution in [1.82, 2.24) is 4.72 Å². The maximum absolute atomic E-state index is 11.8. The zero-order valence-electron chi connectivity index (χ0n) is 10.0. The summed E-state index contributed by atoms with van der Waals surface area (Å²) in [6.45, 7) is 0.395. The lowest BCUT2D eigenvalue weighted by Gasteiger charge is -2.31. The summed E-state index contributed by atoms with van der Waals surface area (Å²) < 4.78 is 26.3. The van der Waals surface area contributed by atoms with E-state index in [1.54, 1.807) is 24.3 Å². The summed E-state index contributed by atoms with van der Waals surface area (Å²) in [6, 6.07) is 6.94. The molecular formula is C12H18N2O3S. The van der Waals surface area contributed by atoms with Crippen molar-refractivity contribution in [2.45, 2.75) is 24.7 Å². The van der Waals surface area contributed by atoms with E-state index in [1.807, 2.05) is 0 Å². The molecule has 0 atom stereocenters. The first-order valence-corrected chi connectivity index (χ1v) is 7.60. The molecule has 0 saturated heterocycles. The van der Waals surface area contributed by atoms with Gasteiger partial charge in [-0.3, -0.25) is 0 Å². The zero-order valence-corrected chi connectivity index (χ0v) is 10.9. The summed E-state index contributed by atoms with van der Waals surface area (Å²) in [6.07, 6.45) is 1.09. The SMILES string of the molecule is Nc1ccccc1CS(=O)(=O)NCC1CC(O)C1. The van der Waals surface area contributed by atoms with E-state index in [0.29, 0.717) is 30.6 Å². The highest BCUT2D eigenvalue weighted by Crippen LogP contribution is 2.26. The maximum Gasteiger partial charge on any atom is 0.215 e. The third-order valence-electron chi connectivity index (χ3n) is 3.20. The van der Waals surface area contributed by atoms with Crippen LogP contribution in [-0.4, -0.2) is 26.2 Å². The van der Waals surface area contributed by atoms with Gasteiger partial charge in [-0.15, -0.1) is 0 Å². The number of anilines is 1. The average molecular weight is 270 g/mol. The highest BCUT2D eigenvalue weighted by atomic mass is 32.2. The number of nitrogen functional groups attached to an aromatic ring is 1. The van der Waals surface area contributed by atoms with Gasteiger partial charge in [0.2, 0.25) is 10.0 Å². The topological polar surface area (TPSA) is 92.4 Å². The van der Waals surface area contributed by atoms with E-state index in [-0.39, 0.29) is 17.8 Å². The van der Waals surface area contributed by atoms with E-state index < -0.39 is 10.0 Å². The van der Waals surface area contributed by atoms with E-state index >= 15 is 0 Å². The molecule has 1 fully saturated rings. The molecule has 4 N–H and O–H groups in total. The Labute approximate surface area is 107 Å². The number of hydrogen-bond donors (Lipinski definition) is 3. The molecule has 0 spiro atoms. The van der Waals surface area contributed by atoms with Crippen LogP contribution in [0.1, 0.15) is 18.4 Å². The first kappa shape index (κ1) is 13.3. The van der Waals surface area contributed by atoms with Gasteiger partial charge >= 0.3 is 0 Å². The van der Waals surface area contributed by atoms with Crippen LogP contribution in [0.2, 0.25) is 0 Å². The van der Waals surface area contributed by atoms with Gasteiger partial charge in [0, 0.05) is 12.2 Å². The minimum Gasteiger partial charge on any atom is -0.398 e. The van der Waals surface area contributed by atoms with E-state index in [4.69, 9.17) is 10.8 Å². The van der Waals surface area contributed by atoms with Crippen LogP contribution < -0.4 is 10.5 Å². The number of aliphatic hydroxyl groups excluding tert-OH is 1. The van der Waals surface area contributed by atoms with Crippen molar-refractivity contribution in [2.24, 2.45) is 5.92 Å². The van der Waals surface area contributed by atoms with E-state index in [2.05, 4.69) is 4.72 Å². The van der Waals surface area contributed by atoms with Gasteiger partial charge in [-0.1, -0.05) is 18.2 Å². The Morgan fingerprint density at radius 2 is 2.00 bits per heavy atom. The van der Waals surface area contributed by atoms with Crippen LogP contribution >= 0.6 is 0 Å². The summed E-state index contributed by atoms with van der Waals surface area (Å²) in [5.74, 6) is 0.150. The van der Waals surface area contributed by atoms with Gasteiger partial charge < -0.3 is 10.8 Å². The molecular weight excluding hydrogens is 252 g/mol. The Morgan fingerprint density at radius 1 is 1.33 bits per heavy atom. The fourth-order valence-electron chi connectivity index (χ4n) is 2.03. The number of rotatable bonds is 5. The Balaban J connectivity index is 1.89. The van der Waals surface area contributed by atoms with Crippen molar-refractivity contribution in [2.75, 3.05) is 12.3 Å². The fourth-order valence-corrected chi connectivity index (χ4v) is 3.30. The molecule has 1 aromatic rings. The second kappa shape index (κ2) is 5.26. The van der Waals surface area contributed by atoms with Crippen molar-refractivity contribution < 1.29 is 13.5 Å². The number of nitrogens with one attached hydrogen (secondary N) is 1. The third-order valence-corrected chi connectivity index (χ3v) is 4.50. The van der Waals surface area contributed by atoms with Gasteiger partial charge in [0.25, 0.3) is 0 Å². The van der Waals surface area contributed by atoms with Crippen LogP contribution in [0.25, 0.3) is 0 Å². The Bertz CT molecular complexity index is 510. The molecule has 0 amide bonds. The Kier molecular flexibility index (Phi) is 3.89. The molecule has 1 aliphatic rings. The lowest BCUT2D eigenvalue weighted by Crippen LogP contribution is -2.38. The highest BCUT2D eigenvalue weighted by molar-refractivity contribution is 7.88. The molecule has 2 rings (SSSR count). The van der Waals surface area contributed by atoms with Crippen molar-refractivity contribution in [3.63, 3.8) is 0 Å². The molecule has 18 heavy (non-hydrogen) atoms. The summed E-state index contributed by atoms with van der Waals surface area (Å²) in [4.78, 5) is 0. The molecule has 0 heterocycles. The van der Waals surface area contributed by atoms with Gasteiger partial charge in [0.1, 0.15) is 0 Å². The van der Waals surface area contributed by atoms with Gasteiger partial charge in [0.05, 0.1) is 11.9 Å². The van der Waals surface area contributed by atoms with Crippen LogP contribution in [0.3, 0.4) is 0 Å². The summed E-state index contributed by atoms with van der Waals surface area (Å²) >= 11 is 0. The van der Waals surface area contributed by atoms with Crippen molar-refractivity contribution in [1.29, 1.82) is 0 Å². The zero-order chi connectivity index (χ0) is 13.2. The highest BCUT2D eigenvalue weighted by Gasteiger charge is 2.28. The number of para-hydroxylation sites is 1. The van der Waals surface area contributed by atoms with Crippen LogP contribution in [0.5, 0.6) is 0 Å². The first-order chi connectivity index (χ1) is 8.46. The van der Waals surface area contributed by atoms with Crippen LogP contribution in [0, 0.1) is 5.92 Å². The van der Waals surface area contributed by atoms with Crippen molar-refractivity contribution in [3.05, 3.63) is 29.8 Å². The number of hydrogen-bond acceptors (Lipinski definition) is 4. The van der Waals surface area contributed by atoms with Gasteiger partial charge in [-0.2, -0.15) is 0 Å². The molecule has 0 unspecified atom stereocenters. The van der Waals surface area contributed by atoms with Crippen molar-refractivity contribution >= 4 is 15.7 Å². The largest absolute Gasteiger partial charge is 0.398 e. The molecule has 0 aliphatic heterocycles. The average Bonchev–Trinajstić information content (AvgIpc) is 2.26. The molecule has 1 aliphatic carbocycles. The smallest absolute Gasteiger partial charge is 0.215 e. The third kappa shape index (κ3) is 3.44. The number of sulfonamides is 1. The van der Waals surface area contributed by atoms with E-state index in [1.165, 1.54) is 0 Å². The van der Waals surface area contributed by atoms with Crippen LogP contribution in [0.4, 0.5) is 5.69 Å². The maximum atomic E-state index is 11.8. The summed E-state index contributed by atoms with van der Waals surface area (Å²) in [7, 11) is -3.36. The fraction of sp³-hybridized carbons (Fsp3) is 0.500. The molecule has 1 aromatic carbocycles. The lowest BCUT2D eigenvalue weighted by atomic mass is 9.83. The molecule has 5 nitrogen and oxygen atoms in total. The molecule has 0 radical (unpaired) electrons. The molecule has 0 bridgehead atoms. The first-order valence-electron chi connectivity index (χ1n) is 5.95. The number of benzene rings is 1. The van der Waals surface area contributed by atoms with Crippen LogP contribution in [0.15, 0.2) is 24.3 Å². The monoisotopic (exact) mass is 270 g/mol. The molecule has 6 heteroatoms. The Hall–Kier alpha value is -1.11. The predicted octanol–water partition coefficient (Wildman–Crippen LogP) is 0.459. The van der Waals surface area contributed by atoms with Crippen LogP contribution in [-0.2, 0) is 15.8 Å². The Morgan fingerprint density at radius 3 is 2.61 bits per heavy atom. The normalized spacial score (nSPS) is 23.6. The molecule has 0 aromatic heterocycles. The summed E-state index contributed by atoms with van der Waals surface area (Å²) in [5.41, 5.74) is 6.81. The second-order valence-electron chi connectivity index (χ2n) is 4.80.